The van der Waals surface area contributed by atoms with Crippen molar-refractivity contribution in [2.45, 2.75) is 0 Å². The second kappa shape index (κ2) is 5.06. The molecule has 1 aromatic carbocycles. The molecule has 0 saturated carbocycles. The van der Waals surface area contributed by atoms with E-state index in [0.717, 1.165) is 5.56 Å². The number of hydrogen-bond donors (Lipinski definition) is 1. The smallest absolute Gasteiger partial charge is 0.267 e. The van der Waals surface area contributed by atoms with Gasteiger partial charge in [0.1, 0.15) is 5.69 Å². The molecule has 23 heavy (non-hydrogen) atoms. The molecule has 0 radical (unpaired) electrons. The van der Waals surface area contributed by atoms with E-state index >= 15 is 0 Å². The predicted molar refractivity (Wildman–Crippen MR) is 84.1 cm³/mol. The summed E-state index contributed by atoms with van der Waals surface area (Å²) in [4.78, 5) is 16.0. The van der Waals surface area contributed by atoms with Gasteiger partial charge in [0.05, 0.1) is 11.9 Å². The van der Waals surface area contributed by atoms with Crippen molar-refractivity contribution in [1.29, 1.82) is 0 Å². The van der Waals surface area contributed by atoms with Gasteiger partial charge in [0, 0.05) is 17.8 Å². The lowest BCUT2D eigenvalue weighted by Gasteiger charge is -2.04. The Morgan fingerprint density at radius 1 is 1.09 bits per heavy atom. The van der Waals surface area contributed by atoms with Crippen LogP contribution >= 0.6 is 0 Å². The van der Waals surface area contributed by atoms with E-state index in [1.165, 1.54) is 10.9 Å². The van der Waals surface area contributed by atoms with E-state index < -0.39 is 5.91 Å². The highest BCUT2D eigenvalue weighted by molar-refractivity contribution is 5.91. The monoisotopic (exact) mass is 304 g/mol. The molecule has 4 rings (SSSR count). The molecule has 0 aliphatic carbocycles. The first-order chi connectivity index (χ1) is 11.2. The molecule has 4 aromatic rings. The van der Waals surface area contributed by atoms with Crippen LogP contribution in [0.2, 0.25) is 0 Å². The Kier molecular flexibility index (Phi) is 2.90. The zero-order valence-corrected chi connectivity index (χ0v) is 12.0. The standard InChI is InChI=1S/C16H12N6O/c17-15(23)13-6-8-18-22(13)12-7-9-21-14(10-12)19-16(20-21)11-4-2-1-3-5-11/h1-10H,(H2,17,23). The van der Waals surface area contributed by atoms with Gasteiger partial charge in [-0.15, -0.1) is 5.10 Å². The van der Waals surface area contributed by atoms with Crippen LogP contribution in [0.25, 0.3) is 22.7 Å². The first-order valence-corrected chi connectivity index (χ1v) is 6.98. The van der Waals surface area contributed by atoms with Crippen molar-refractivity contribution in [2.24, 2.45) is 5.73 Å². The van der Waals surface area contributed by atoms with Crippen molar-refractivity contribution in [1.82, 2.24) is 24.4 Å². The molecule has 0 unspecified atom stereocenters. The SMILES string of the molecule is NC(=O)c1ccnn1-c1ccn2nc(-c3ccccc3)nc2c1. The Morgan fingerprint density at radius 3 is 2.70 bits per heavy atom. The molecule has 3 heterocycles. The minimum absolute atomic E-state index is 0.317. The van der Waals surface area contributed by atoms with Crippen LogP contribution in [-0.4, -0.2) is 30.3 Å². The zero-order chi connectivity index (χ0) is 15.8. The Labute approximate surface area is 131 Å². The van der Waals surface area contributed by atoms with Crippen LogP contribution < -0.4 is 5.73 Å². The third-order valence-corrected chi connectivity index (χ3v) is 3.49. The van der Waals surface area contributed by atoms with E-state index in [9.17, 15) is 4.79 Å². The lowest BCUT2D eigenvalue weighted by molar-refractivity contribution is 0.0993. The van der Waals surface area contributed by atoms with Gasteiger partial charge in [-0.1, -0.05) is 30.3 Å². The summed E-state index contributed by atoms with van der Waals surface area (Å²) in [6.45, 7) is 0. The molecule has 3 aromatic heterocycles. The summed E-state index contributed by atoms with van der Waals surface area (Å²) >= 11 is 0. The van der Waals surface area contributed by atoms with Crippen LogP contribution in [0.4, 0.5) is 0 Å². The number of primary amides is 1. The van der Waals surface area contributed by atoms with Crippen molar-refractivity contribution in [2.75, 3.05) is 0 Å². The van der Waals surface area contributed by atoms with Crippen LogP contribution in [0.1, 0.15) is 10.5 Å². The van der Waals surface area contributed by atoms with Crippen LogP contribution in [-0.2, 0) is 0 Å². The number of nitrogens with zero attached hydrogens (tertiary/aromatic N) is 5. The van der Waals surface area contributed by atoms with Crippen LogP contribution in [0.3, 0.4) is 0 Å². The third-order valence-electron chi connectivity index (χ3n) is 3.49. The topological polar surface area (TPSA) is 91.1 Å². The van der Waals surface area contributed by atoms with E-state index in [2.05, 4.69) is 15.2 Å². The maximum Gasteiger partial charge on any atom is 0.267 e. The largest absolute Gasteiger partial charge is 0.364 e. The fourth-order valence-corrected chi connectivity index (χ4v) is 2.41. The number of benzene rings is 1. The van der Waals surface area contributed by atoms with Crippen molar-refractivity contribution >= 4 is 11.6 Å². The first kappa shape index (κ1) is 13.2. The molecule has 112 valence electrons. The highest BCUT2D eigenvalue weighted by Crippen LogP contribution is 2.18. The maximum atomic E-state index is 11.4. The Morgan fingerprint density at radius 2 is 1.91 bits per heavy atom. The Hall–Kier alpha value is -3.48. The summed E-state index contributed by atoms with van der Waals surface area (Å²) < 4.78 is 3.17. The molecule has 0 aliphatic rings. The number of fused-ring (bicyclic) bond motifs is 1. The Balaban J connectivity index is 1.82. The van der Waals surface area contributed by atoms with Gasteiger partial charge >= 0.3 is 0 Å². The van der Waals surface area contributed by atoms with Gasteiger partial charge in [-0.2, -0.15) is 5.10 Å². The van der Waals surface area contributed by atoms with E-state index in [4.69, 9.17) is 5.73 Å². The zero-order valence-electron chi connectivity index (χ0n) is 12.0. The van der Waals surface area contributed by atoms with Gasteiger partial charge in [-0.25, -0.2) is 14.2 Å². The minimum Gasteiger partial charge on any atom is -0.364 e. The summed E-state index contributed by atoms with van der Waals surface area (Å²) in [5.41, 5.74) is 7.97. The fraction of sp³-hybridized carbons (Fsp3) is 0. The van der Waals surface area contributed by atoms with Crippen molar-refractivity contribution in [3.63, 3.8) is 0 Å². The summed E-state index contributed by atoms with van der Waals surface area (Å²) in [7, 11) is 0. The highest BCUT2D eigenvalue weighted by atomic mass is 16.1. The summed E-state index contributed by atoms with van der Waals surface area (Å²) in [6, 6.07) is 14.9. The number of pyridine rings is 1. The average Bonchev–Trinajstić information content (AvgIpc) is 3.21. The molecule has 0 spiro atoms. The second-order valence-corrected chi connectivity index (χ2v) is 4.98. The predicted octanol–water partition coefficient (Wildman–Crippen LogP) is 1.68. The number of carbonyl (C=O) groups excluding carboxylic acids is 1. The van der Waals surface area contributed by atoms with Gasteiger partial charge in [-0.3, -0.25) is 4.79 Å². The van der Waals surface area contributed by atoms with Gasteiger partial charge < -0.3 is 5.73 Å². The van der Waals surface area contributed by atoms with Crippen LogP contribution in [0.5, 0.6) is 0 Å². The fourth-order valence-electron chi connectivity index (χ4n) is 2.41. The van der Waals surface area contributed by atoms with Crippen molar-refractivity contribution < 1.29 is 4.79 Å². The molecule has 1 amide bonds. The molecule has 0 saturated heterocycles. The quantitative estimate of drug-likeness (QED) is 0.623. The van der Waals surface area contributed by atoms with Gasteiger partial charge in [-0.05, 0) is 12.1 Å². The molecule has 0 fully saturated rings. The molecule has 7 nitrogen and oxygen atoms in total. The summed E-state index contributed by atoms with van der Waals surface area (Å²) in [5, 5.41) is 8.59. The lowest BCUT2D eigenvalue weighted by atomic mass is 10.2. The van der Waals surface area contributed by atoms with Gasteiger partial charge in [0.25, 0.3) is 5.91 Å². The van der Waals surface area contributed by atoms with Crippen molar-refractivity contribution in [3.05, 3.63) is 66.6 Å². The molecule has 0 bridgehead atoms. The van der Waals surface area contributed by atoms with E-state index in [1.807, 2.05) is 30.3 Å². The number of nitrogens with two attached hydrogens (primary N) is 1. The molecule has 7 heteroatoms. The number of amides is 1. The number of carbonyl (C=O) groups is 1. The second-order valence-electron chi connectivity index (χ2n) is 4.98. The first-order valence-electron chi connectivity index (χ1n) is 6.98. The summed E-state index contributed by atoms with van der Waals surface area (Å²) in [5.74, 6) is 0.104. The van der Waals surface area contributed by atoms with Gasteiger partial charge in [0.2, 0.25) is 0 Å². The van der Waals surface area contributed by atoms with E-state index in [-0.39, 0.29) is 0 Å². The lowest BCUT2D eigenvalue weighted by Crippen LogP contribution is -2.16. The third kappa shape index (κ3) is 2.24. The Bertz CT molecular complexity index is 1000. The van der Waals surface area contributed by atoms with Crippen molar-refractivity contribution in [3.8, 4) is 17.1 Å². The van der Waals surface area contributed by atoms with E-state index in [1.54, 1.807) is 28.9 Å². The van der Waals surface area contributed by atoms with Crippen LogP contribution in [0, 0.1) is 0 Å². The van der Waals surface area contributed by atoms with Gasteiger partial charge in [0.15, 0.2) is 11.5 Å². The minimum atomic E-state index is -0.534. The number of aromatic nitrogens is 5. The molecule has 0 aliphatic heterocycles. The molecule has 0 atom stereocenters. The molecule has 2 N–H and O–H groups in total. The number of hydrogen-bond acceptors (Lipinski definition) is 4. The van der Waals surface area contributed by atoms with Crippen LogP contribution in [0.15, 0.2) is 60.9 Å². The van der Waals surface area contributed by atoms with E-state index in [0.29, 0.717) is 22.9 Å². The molecular formula is C16H12N6O. The normalized spacial score (nSPS) is 11.0. The number of rotatable bonds is 3. The summed E-state index contributed by atoms with van der Waals surface area (Å²) in [6.07, 6.45) is 3.31. The highest BCUT2D eigenvalue weighted by Gasteiger charge is 2.12. The average molecular weight is 304 g/mol. The maximum absolute atomic E-state index is 11.4. The molecular weight excluding hydrogens is 292 g/mol.